The number of hydrogen-bond donors (Lipinski definition) is 0. The molecule has 0 saturated heterocycles. The monoisotopic (exact) mass is 328 g/mol. The minimum Gasteiger partial charge on any atom is -0.468 e. The molecule has 4 heteroatoms. The maximum absolute atomic E-state index is 12.6. The first-order valence-electron chi connectivity index (χ1n) is 7.85. The Morgan fingerprint density at radius 3 is 2.25 bits per heavy atom. The predicted octanol–water partition coefficient (Wildman–Crippen LogP) is 3.59. The predicted molar refractivity (Wildman–Crippen MR) is 92.9 cm³/mol. The molecule has 0 saturated carbocycles. The fraction of sp³-hybridized carbons (Fsp3) is 0.350. The highest BCUT2D eigenvalue weighted by molar-refractivity contribution is 5.83. The van der Waals surface area contributed by atoms with Crippen LogP contribution in [0.5, 0.6) is 0 Å². The van der Waals surface area contributed by atoms with E-state index in [0.29, 0.717) is 13.2 Å². The largest absolute Gasteiger partial charge is 0.468 e. The van der Waals surface area contributed by atoms with E-state index in [2.05, 4.69) is 6.07 Å². The van der Waals surface area contributed by atoms with E-state index >= 15 is 0 Å². The zero-order valence-corrected chi connectivity index (χ0v) is 14.7. The van der Waals surface area contributed by atoms with Crippen LogP contribution in [0.1, 0.15) is 33.7 Å². The normalized spacial score (nSPS) is 12.0. The lowest BCUT2D eigenvalue weighted by atomic mass is 9.85. The smallest absolute Gasteiger partial charge is 0.317 e. The van der Waals surface area contributed by atoms with E-state index in [0.717, 1.165) is 27.8 Å². The van der Waals surface area contributed by atoms with Crippen molar-refractivity contribution >= 4 is 5.97 Å². The Bertz CT molecular complexity index is 680. The third-order valence-corrected chi connectivity index (χ3v) is 3.99. The van der Waals surface area contributed by atoms with Gasteiger partial charge in [0, 0.05) is 14.2 Å². The van der Waals surface area contributed by atoms with Gasteiger partial charge in [0.05, 0.1) is 20.3 Å². The number of aryl methyl sites for hydroxylation is 1. The van der Waals surface area contributed by atoms with Crippen LogP contribution < -0.4 is 0 Å². The van der Waals surface area contributed by atoms with E-state index in [1.165, 1.54) is 7.11 Å². The molecular formula is C20H24O4. The van der Waals surface area contributed by atoms with Gasteiger partial charge in [0.15, 0.2) is 0 Å². The molecule has 2 aromatic carbocycles. The Kier molecular flexibility index (Phi) is 6.53. The molecule has 0 amide bonds. The summed E-state index contributed by atoms with van der Waals surface area (Å²) in [5, 5.41) is 0. The number of methoxy groups -OCH3 is 3. The summed E-state index contributed by atoms with van der Waals surface area (Å²) in [4.78, 5) is 12.6. The van der Waals surface area contributed by atoms with Gasteiger partial charge in [-0.25, -0.2) is 0 Å². The number of carbonyl (C=O) groups is 1. The molecule has 128 valence electrons. The molecule has 4 nitrogen and oxygen atoms in total. The zero-order valence-electron chi connectivity index (χ0n) is 14.7. The van der Waals surface area contributed by atoms with Crippen LogP contribution in [0.4, 0.5) is 0 Å². The van der Waals surface area contributed by atoms with Crippen molar-refractivity contribution in [3.05, 3.63) is 70.3 Å². The van der Waals surface area contributed by atoms with Gasteiger partial charge >= 0.3 is 5.97 Å². The molecule has 0 aliphatic carbocycles. The molecule has 2 rings (SSSR count). The van der Waals surface area contributed by atoms with Crippen molar-refractivity contribution in [2.75, 3.05) is 21.3 Å². The van der Waals surface area contributed by atoms with Crippen LogP contribution in [-0.4, -0.2) is 27.3 Å². The Morgan fingerprint density at radius 2 is 1.67 bits per heavy atom. The van der Waals surface area contributed by atoms with E-state index < -0.39 is 5.92 Å². The van der Waals surface area contributed by atoms with Gasteiger partial charge in [-0.05, 0) is 29.2 Å². The van der Waals surface area contributed by atoms with Gasteiger partial charge < -0.3 is 14.2 Å². The molecule has 1 atom stereocenters. The topological polar surface area (TPSA) is 44.8 Å². The van der Waals surface area contributed by atoms with Crippen LogP contribution in [-0.2, 0) is 32.2 Å². The third-order valence-electron chi connectivity index (χ3n) is 3.99. The van der Waals surface area contributed by atoms with Gasteiger partial charge in [0.2, 0.25) is 0 Å². The molecular weight excluding hydrogens is 304 g/mol. The van der Waals surface area contributed by atoms with Gasteiger partial charge in [0.1, 0.15) is 5.92 Å². The fourth-order valence-electron chi connectivity index (χ4n) is 2.99. The van der Waals surface area contributed by atoms with Crippen molar-refractivity contribution in [1.29, 1.82) is 0 Å². The highest BCUT2D eigenvalue weighted by Gasteiger charge is 2.27. The van der Waals surface area contributed by atoms with Crippen LogP contribution in [0, 0.1) is 6.92 Å². The first-order chi connectivity index (χ1) is 11.6. The third kappa shape index (κ3) is 4.02. The summed E-state index contributed by atoms with van der Waals surface area (Å²) in [6.07, 6.45) is 0. The second kappa shape index (κ2) is 8.62. The Hall–Kier alpha value is -2.17. The lowest BCUT2D eigenvalue weighted by molar-refractivity contribution is -0.141. The summed E-state index contributed by atoms with van der Waals surface area (Å²) < 4.78 is 15.8. The summed E-state index contributed by atoms with van der Waals surface area (Å²) in [6.45, 7) is 2.89. The number of ether oxygens (including phenoxy) is 3. The molecule has 0 aliphatic rings. The maximum atomic E-state index is 12.6. The molecule has 1 unspecified atom stereocenters. The lowest BCUT2D eigenvalue weighted by Crippen LogP contribution is -2.19. The van der Waals surface area contributed by atoms with Crippen LogP contribution >= 0.6 is 0 Å². The quantitative estimate of drug-likeness (QED) is 0.729. The highest BCUT2D eigenvalue weighted by Crippen LogP contribution is 2.32. The van der Waals surface area contributed by atoms with Gasteiger partial charge in [-0.3, -0.25) is 4.79 Å². The summed E-state index contributed by atoms with van der Waals surface area (Å²) in [5.41, 5.74) is 4.88. The Morgan fingerprint density at radius 1 is 1.00 bits per heavy atom. The average molecular weight is 328 g/mol. The molecule has 0 fully saturated rings. The van der Waals surface area contributed by atoms with E-state index in [4.69, 9.17) is 14.2 Å². The molecule has 0 aromatic heterocycles. The summed E-state index contributed by atoms with van der Waals surface area (Å²) in [6, 6.07) is 13.8. The van der Waals surface area contributed by atoms with Crippen molar-refractivity contribution in [2.24, 2.45) is 0 Å². The summed E-state index contributed by atoms with van der Waals surface area (Å²) in [7, 11) is 4.73. The molecule has 0 spiro atoms. The number of benzene rings is 2. The molecule has 0 aliphatic heterocycles. The summed E-state index contributed by atoms with van der Waals surface area (Å²) in [5.74, 6) is -0.774. The highest BCUT2D eigenvalue weighted by atomic mass is 16.5. The molecule has 0 bridgehead atoms. The number of hydrogen-bond acceptors (Lipinski definition) is 4. The van der Waals surface area contributed by atoms with Crippen LogP contribution in [0.2, 0.25) is 0 Å². The van der Waals surface area contributed by atoms with E-state index in [1.807, 2.05) is 43.3 Å². The van der Waals surface area contributed by atoms with E-state index in [-0.39, 0.29) is 5.97 Å². The number of carbonyl (C=O) groups excluding carboxylic acids is 1. The fourth-order valence-corrected chi connectivity index (χ4v) is 2.99. The number of esters is 1. The van der Waals surface area contributed by atoms with E-state index in [1.54, 1.807) is 14.2 Å². The summed E-state index contributed by atoms with van der Waals surface area (Å²) >= 11 is 0. The van der Waals surface area contributed by atoms with Gasteiger partial charge in [0.25, 0.3) is 0 Å². The van der Waals surface area contributed by atoms with Crippen molar-refractivity contribution in [2.45, 2.75) is 26.1 Å². The van der Waals surface area contributed by atoms with Gasteiger partial charge in [-0.1, -0.05) is 48.0 Å². The van der Waals surface area contributed by atoms with Gasteiger partial charge in [-0.2, -0.15) is 0 Å². The molecule has 0 heterocycles. The van der Waals surface area contributed by atoms with E-state index in [9.17, 15) is 4.79 Å². The van der Waals surface area contributed by atoms with Crippen molar-refractivity contribution < 1.29 is 19.0 Å². The number of rotatable bonds is 7. The van der Waals surface area contributed by atoms with Crippen molar-refractivity contribution in [1.82, 2.24) is 0 Å². The SMILES string of the molecule is COCc1cc(C)cc(C(C(=O)OC)c2ccccc2)c1COC. The maximum Gasteiger partial charge on any atom is 0.317 e. The minimum absolute atomic E-state index is 0.285. The Labute approximate surface area is 143 Å². The van der Waals surface area contributed by atoms with Crippen molar-refractivity contribution in [3.8, 4) is 0 Å². The molecule has 0 radical (unpaired) electrons. The minimum atomic E-state index is -0.489. The first-order valence-corrected chi connectivity index (χ1v) is 7.85. The molecule has 2 aromatic rings. The molecule has 24 heavy (non-hydrogen) atoms. The lowest BCUT2D eigenvalue weighted by Gasteiger charge is -2.22. The Balaban J connectivity index is 2.66. The first kappa shape index (κ1) is 18.2. The van der Waals surface area contributed by atoms with Crippen LogP contribution in [0.15, 0.2) is 42.5 Å². The van der Waals surface area contributed by atoms with Crippen LogP contribution in [0.3, 0.4) is 0 Å². The van der Waals surface area contributed by atoms with Crippen LogP contribution in [0.25, 0.3) is 0 Å². The van der Waals surface area contributed by atoms with Crippen molar-refractivity contribution in [3.63, 3.8) is 0 Å². The second-order valence-electron chi connectivity index (χ2n) is 5.72. The average Bonchev–Trinajstić information content (AvgIpc) is 2.59. The zero-order chi connectivity index (χ0) is 17.5. The molecule has 0 N–H and O–H groups in total. The van der Waals surface area contributed by atoms with Gasteiger partial charge in [-0.15, -0.1) is 0 Å². The second-order valence-corrected chi connectivity index (χ2v) is 5.72. The standard InChI is InChI=1S/C20H24O4/c1-14-10-16(12-22-2)18(13-23-3)17(11-14)19(20(21)24-4)15-8-6-5-7-9-15/h5-11,19H,12-13H2,1-4H3.